The molecule has 0 saturated heterocycles. The lowest BCUT2D eigenvalue weighted by Gasteiger charge is -2.17. The monoisotopic (exact) mass is 518 g/mol. The third-order valence-electron chi connectivity index (χ3n) is 5.90. The predicted octanol–water partition coefficient (Wildman–Crippen LogP) is 3.99. The van der Waals surface area contributed by atoms with Gasteiger partial charge in [-0.05, 0) is 47.4 Å². The van der Waals surface area contributed by atoms with Crippen LogP contribution >= 0.6 is 22.9 Å². The zero-order chi connectivity index (χ0) is 24.7. The quantitative estimate of drug-likeness (QED) is 0.469. The number of hydrogen-bond donors (Lipinski definition) is 2. The zero-order valence-electron chi connectivity index (χ0n) is 18.5. The first-order valence-electron chi connectivity index (χ1n) is 10.4. The van der Waals surface area contributed by atoms with Crippen LogP contribution in [-0.4, -0.2) is 49.9 Å². The number of rotatable bonds is 8. The highest BCUT2D eigenvalue weighted by Crippen LogP contribution is 2.53. The molecule has 1 aromatic heterocycles. The van der Waals surface area contributed by atoms with Crippen LogP contribution in [0.25, 0.3) is 10.4 Å². The molecule has 0 spiro atoms. The van der Waals surface area contributed by atoms with Crippen molar-refractivity contribution in [2.75, 3.05) is 14.1 Å². The molecule has 1 heterocycles. The minimum Gasteiger partial charge on any atom is -0.480 e. The van der Waals surface area contributed by atoms with Gasteiger partial charge in [0, 0.05) is 29.9 Å². The fourth-order valence-electron chi connectivity index (χ4n) is 3.91. The van der Waals surface area contributed by atoms with Gasteiger partial charge in [-0.2, -0.15) is 4.72 Å². The molecular formula is C24H23ClN2O5S2. The van der Waals surface area contributed by atoms with Crippen molar-refractivity contribution in [1.82, 2.24) is 9.62 Å². The van der Waals surface area contributed by atoms with Gasteiger partial charge in [-0.1, -0.05) is 48.0 Å². The number of thiophene rings is 1. The van der Waals surface area contributed by atoms with Crippen LogP contribution in [0.15, 0.2) is 64.9 Å². The lowest BCUT2D eigenvalue weighted by atomic mass is 9.98. The fourth-order valence-corrected chi connectivity index (χ4v) is 6.75. The van der Waals surface area contributed by atoms with Crippen molar-refractivity contribution in [3.8, 4) is 10.4 Å². The van der Waals surface area contributed by atoms with Gasteiger partial charge in [-0.3, -0.25) is 9.59 Å². The third-order valence-corrected chi connectivity index (χ3v) is 9.29. The van der Waals surface area contributed by atoms with Crippen LogP contribution in [0.3, 0.4) is 0 Å². The largest absolute Gasteiger partial charge is 0.480 e. The van der Waals surface area contributed by atoms with Crippen LogP contribution in [0.4, 0.5) is 0 Å². The number of amides is 1. The lowest BCUT2D eigenvalue weighted by Crippen LogP contribution is -2.44. The van der Waals surface area contributed by atoms with Crippen molar-refractivity contribution >= 4 is 44.8 Å². The van der Waals surface area contributed by atoms with Crippen LogP contribution in [0, 0.1) is 0 Å². The van der Waals surface area contributed by atoms with E-state index in [1.54, 1.807) is 68.7 Å². The predicted molar refractivity (Wildman–Crippen MR) is 132 cm³/mol. The Hall–Kier alpha value is -2.72. The Kier molecular flexibility index (Phi) is 6.56. The molecule has 1 aliphatic rings. The molecule has 0 bridgehead atoms. The minimum atomic E-state index is -4.10. The Bertz CT molecular complexity index is 1350. The van der Waals surface area contributed by atoms with Gasteiger partial charge in [0.25, 0.3) is 10.0 Å². The van der Waals surface area contributed by atoms with Crippen LogP contribution in [0.1, 0.15) is 23.5 Å². The van der Waals surface area contributed by atoms with Gasteiger partial charge in [0.1, 0.15) is 9.75 Å². The first-order chi connectivity index (χ1) is 16.0. The average Bonchev–Trinajstić information content (AvgIpc) is 3.26. The van der Waals surface area contributed by atoms with Gasteiger partial charge < -0.3 is 10.0 Å². The Morgan fingerprint density at radius 3 is 2.44 bits per heavy atom. The summed E-state index contributed by atoms with van der Waals surface area (Å²) in [6, 6.07) is 17.2. The number of carboxylic acids is 1. The van der Waals surface area contributed by atoms with E-state index in [-0.39, 0.29) is 23.0 Å². The average molecular weight is 519 g/mol. The molecule has 34 heavy (non-hydrogen) atoms. The number of benzene rings is 2. The van der Waals surface area contributed by atoms with E-state index in [1.807, 2.05) is 0 Å². The molecule has 178 valence electrons. The second-order valence-corrected chi connectivity index (χ2v) is 11.9. The maximum absolute atomic E-state index is 13.2. The number of hydrogen-bond acceptors (Lipinski definition) is 5. The third kappa shape index (κ3) is 4.74. The van der Waals surface area contributed by atoms with Crippen LogP contribution < -0.4 is 4.72 Å². The summed E-state index contributed by atoms with van der Waals surface area (Å²) in [5, 5.41) is 10.6. The molecule has 1 saturated carbocycles. The normalized spacial score (nSPS) is 19.6. The number of aliphatic carboxylic acids is 1. The van der Waals surface area contributed by atoms with E-state index in [1.165, 1.54) is 11.0 Å². The summed E-state index contributed by atoms with van der Waals surface area (Å²) >= 11 is 6.98. The van der Waals surface area contributed by atoms with E-state index < -0.39 is 27.4 Å². The second-order valence-electron chi connectivity index (χ2n) is 8.43. The fraction of sp³-hybridized carbons (Fsp3) is 0.250. The Morgan fingerprint density at radius 2 is 1.79 bits per heavy atom. The zero-order valence-corrected chi connectivity index (χ0v) is 20.9. The maximum atomic E-state index is 13.2. The van der Waals surface area contributed by atoms with Gasteiger partial charge in [0.2, 0.25) is 5.91 Å². The van der Waals surface area contributed by atoms with Crippen molar-refractivity contribution in [3.05, 3.63) is 76.8 Å². The molecule has 1 fully saturated rings. The second kappa shape index (κ2) is 9.14. The molecular weight excluding hydrogens is 496 g/mol. The van der Waals surface area contributed by atoms with Crippen molar-refractivity contribution in [1.29, 1.82) is 0 Å². The van der Waals surface area contributed by atoms with E-state index in [9.17, 15) is 23.1 Å². The van der Waals surface area contributed by atoms with Crippen molar-refractivity contribution in [3.63, 3.8) is 0 Å². The molecule has 10 heteroatoms. The number of carboxylic acid groups (broad SMARTS) is 1. The molecule has 3 aromatic rings. The summed E-state index contributed by atoms with van der Waals surface area (Å²) in [5.74, 6) is -1.95. The highest BCUT2D eigenvalue weighted by Gasteiger charge is 2.63. The van der Waals surface area contributed by atoms with E-state index in [0.29, 0.717) is 16.1 Å². The van der Waals surface area contributed by atoms with Crippen LogP contribution in [-0.2, 0) is 26.0 Å². The number of nitrogens with zero attached hydrogens (tertiary/aromatic N) is 1. The first-order valence-corrected chi connectivity index (χ1v) is 13.1. The van der Waals surface area contributed by atoms with Gasteiger partial charge >= 0.3 is 5.97 Å². The van der Waals surface area contributed by atoms with E-state index in [0.717, 1.165) is 21.8 Å². The summed E-state index contributed by atoms with van der Waals surface area (Å²) < 4.78 is 28.8. The summed E-state index contributed by atoms with van der Waals surface area (Å²) in [6.45, 7) is 0. The smallest absolute Gasteiger partial charge is 0.325 e. The SMILES string of the molecule is CN(C)C(=O)Cc1ccccc1C1CC1(NS(=O)(=O)c1ccc(-c2ccc(Cl)cc2)s1)C(=O)O. The number of carbonyl (C=O) groups excluding carboxylic acids is 1. The molecule has 1 aliphatic carbocycles. The topological polar surface area (TPSA) is 104 Å². The minimum absolute atomic E-state index is 0.0276. The summed E-state index contributed by atoms with van der Waals surface area (Å²) in [7, 11) is -0.800. The van der Waals surface area contributed by atoms with Gasteiger partial charge in [0.05, 0.1) is 6.42 Å². The van der Waals surface area contributed by atoms with Gasteiger partial charge in [-0.15, -0.1) is 11.3 Å². The molecule has 4 rings (SSSR count). The number of nitrogens with one attached hydrogen (secondary N) is 1. The van der Waals surface area contributed by atoms with Crippen molar-refractivity contribution < 1.29 is 23.1 Å². The number of likely N-dealkylation sites (N-methyl/N-ethyl adjacent to an activating group) is 1. The summed E-state index contributed by atoms with van der Waals surface area (Å²) in [6.07, 6.45) is 0.210. The Morgan fingerprint density at radius 1 is 1.12 bits per heavy atom. The van der Waals surface area contributed by atoms with Gasteiger partial charge in [-0.25, -0.2) is 8.42 Å². The summed E-state index contributed by atoms with van der Waals surface area (Å²) in [4.78, 5) is 26.7. The standard InChI is InChI=1S/C24H23ClN2O5S2/c1-27(2)21(28)13-16-5-3-4-6-18(16)19-14-24(19,23(29)30)26-34(31,32)22-12-11-20(33-22)15-7-9-17(25)10-8-15/h3-12,19,26H,13-14H2,1-2H3,(H,29,30). The first kappa shape index (κ1) is 24.4. The Balaban J connectivity index is 1.60. The number of halogens is 1. The molecule has 0 radical (unpaired) electrons. The molecule has 7 nitrogen and oxygen atoms in total. The number of carbonyl (C=O) groups is 2. The maximum Gasteiger partial charge on any atom is 0.325 e. The molecule has 2 N–H and O–H groups in total. The van der Waals surface area contributed by atoms with Crippen LogP contribution in [0.5, 0.6) is 0 Å². The Labute approximate surface area is 207 Å². The lowest BCUT2D eigenvalue weighted by molar-refractivity contribution is -0.140. The van der Waals surface area contributed by atoms with Crippen LogP contribution in [0.2, 0.25) is 5.02 Å². The van der Waals surface area contributed by atoms with Gasteiger partial charge in [0.15, 0.2) is 0 Å². The molecule has 1 amide bonds. The van der Waals surface area contributed by atoms with Crippen molar-refractivity contribution in [2.45, 2.75) is 28.5 Å². The summed E-state index contributed by atoms with van der Waals surface area (Å²) in [5.41, 5.74) is 0.499. The number of sulfonamides is 1. The highest BCUT2D eigenvalue weighted by atomic mass is 35.5. The van der Waals surface area contributed by atoms with E-state index >= 15 is 0 Å². The molecule has 0 aliphatic heterocycles. The highest BCUT2D eigenvalue weighted by molar-refractivity contribution is 7.91. The van der Waals surface area contributed by atoms with Crippen molar-refractivity contribution in [2.24, 2.45) is 0 Å². The molecule has 2 unspecified atom stereocenters. The molecule has 2 aromatic carbocycles. The van der Waals surface area contributed by atoms with E-state index in [2.05, 4.69) is 4.72 Å². The molecule has 2 atom stereocenters. The van der Waals surface area contributed by atoms with E-state index in [4.69, 9.17) is 11.6 Å².